The van der Waals surface area contributed by atoms with Crippen LogP contribution >= 0.6 is 0 Å². The number of piperidine rings is 1. The van der Waals surface area contributed by atoms with Gasteiger partial charge in [0, 0.05) is 31.1 Å². The Labute approximate surface area is 166 Å². The molecule has 1 saturated heterocycles. The average molecular weight is 383 g/mol. The predicted octanol–water partition coefficient (Wildman–Crippen LogP) is 3.71. The first-order chi connectivity index (χ1) is 13.4. The lowest BCUT2D eigenvalue weighted by Crippen LogP contribution is -2.41. The van der Waals surface area contributed by atoms with Crippen LogP contribution in [0.1, 0.15) is 53.5 Å². The molecule has 1 fully saturated rings. The molecular weight excluding hydrogens is 352 g/mol. The van der Waals surface area contributed by atoms with E-state index in [2.05, 4.69) is 17.3 Å². The molecule has 1 aliphatic rings. The molecule has 0 unspecified atom stereocenters. The number of aromatic nitrogens is 2. The van der Waals surface area contributed by atoms with Gasteiger partial charge in [-0.25, -0.2) is 0 Å². The summed E-state index contributed by atoms with van der Waals surface area (Å²) in [5, 5.41) is 7.61. The number of anilines is 1. The predicted molar refractivity (Wildman–Crippen MR) is 110 cm³/mol. The minimum absolute atomic E-state index is 0.0326. The Hall–Kier alpha value is -2.63. The third kappa shape index (κ3) is 4.11. The number of likely N-dealkylation sites (tertiary alicyclic amines) is 1. The molecule has 150 valence electrons. The zero-order valence-corrected chi connectivity index (χ0v) is 17.3. The van der Waals surface area contributed by atoms with E-state index in [1.165, 1.54) is 0 Å². The zero-order valence-electron chi connectivity index (χ0n) is 17.3. The van der Waals surface area contributed by atoms with E-state index in [1.54, 1.807) is 0 Å². The maximum Gasteiger partial charge on any atom is 0.254 e. The van der Waals surface area contributed by atoms with Crippen LogP contribution in [-0.4, -0.2) is 39.6 Å². The lowest BCUT2D eigenvalue weighted by atomic mass is 9.95. The van der Waals surface area contributed by atoms with Crippen LogP contribution in [0.25, 0.3) is 0 Å². The van der Waals surface area contributed by atoms with Gasteiger partial charge in [0.2, 0.25) is 5.91 Å². The first-order valence-electron chi connectivity index (χ1n) is 10.1. The number of nitrogens with zero attached hydrogens (tertiary/aromatic N) is 3. The van der Waals surface area contributed by atoms with Crippen molar-refractivity contribution in [1.82, 2.24) is 14.7 Å². The number of rotatable bonds is 5. The maximum absolute atomic E-state index is 12.8. The molecule has 6 heteroatoms. The van der Waals surface area contributed by atoms with Crippen molar-refractivity contribution in [1.29, 1.82) is 0 Å². The van der Waals surface area contributed by atoms with E-state index in [9.17, 15) is 9.59 Å². The summed E-state index contributed by atoms with van der Waals surface area (Å²) in [6.45, 7) is 10.1. The second-order valence-electron chi connectivity index (χ2n) is 7.64. The molecule has 0 bridgehead atoms. The fourth-order valence-electron chi connectivity index (χ4n) is 3.86. The van der Waals surface area contributed by atoms with Crippen molar-refractivity contribution in [3.63, 3.8) is 0 Å². The highest BCUT2D eigenvalue weighted by Gasteiger charge is 2.29. The van der Waals surface area contributed by atoms with Crippen molar-refractivity contribution in [3.8, 4) is 0 Å². The molecule has 1 aromatic heterocycles. The average Bonchev–Trinajstić information content (AvgIpc) is 2.96. The highest BCUT2D eigenvalue weighted by Crippen LogP contribution is 2.25. The summed E-state index contributed by atoms with van der Waals surface area (Å²) < 4.78 is 1.95. The topological polar surface area (TPSA) is 67.2 Å². The lowest BCUT2D eigenvalue weighted by Gasteiger charge is -2.31. The molecule has 1 N–H and O–H groups in total. The van der Waals surface area contributed by atoms with Gasteiger partial charge in [0.15, 0.2) is 0 Å². The summed E-state index contributed by atoms with van der Waals surface area (Å²) in [5.74, 6) is 0.0176. The normalized spacial score (nSPS) is 14.9. The highest BCUT2D eigenvalue weighted by molar-refractivity contribution is 5.96. The van der Waals surface area contributed by atoms with Gasteiger partial charge in [-0.15, -0.1) is 0 Å². The van der Waals surface area contributed by atoms with Crippen LogP contribution in [0.2, 0.25) is 0 Å². The Kier molecular flexibility index (Phi) is 6.17. The number of nitrogens with one attached hydrogen (secondary N) is 1. The summed E-state index contributed by atoms with van der Waals surface area (Å²) in [6, 6.07) is 7.66. The SMILES string of the molecule is CCCn1nc(C)c(NC(=O)C2CCN(C(=O)c3ccccc3C)CC2)c1C. The Bertz CT molecular complexity index is 863. The standard InChI is InChI=1S/C22H30N4O2/c1-5-12-26-17(4)20(16(3)24-26)23-21(27)18-10-13-25(14-11-18)22(28)19-9-7-6-8-15(19)2/h6-9,18H,5,10-14H2,1-4H3,(H,23,27). The van der Waals surface area contributed by atoms with Gasteiger partial charge in [-0.05, 0) is 51.7 Å². The van der Waals surface area contributed by atoms with E-state index < -0.39 is 0 Å². The van der Waals surface area contributed by atoms with Gasteiger partial charge in [-0.3, -0.25) is 14.3 Å². The van der Waals surface area contributed by atoms with Crippen LogP contribution < -0.4 is 5.32 Å². The molecule has 0 spiro atoms. The Morgan fingerprint density at radius 1 is 1.14 bits per heavy atom. The molecule has 2 aromatic rings. The number of benzene rings is 1. The smallest absolute Gasteiger partial charge is 0.254 e. The number of carbonyl (C=O) groups is 2. The van der Waals surface area contributed by atoms with Crippen molar-refractivity contribution in [2.75, 3.05) is 18.4 Å². The molecule has 1 aromatic carbocycles. The Balaban J connectivity index is 1.60. The molecule has 2 amide bonds. The lowest BCUT2D eigenvalue weighted by molar-refractivity contribution is -0.121. The van der Waals surface area contributed by atoms with E-state index in [1.807, 2.05) is 54.6 Å². The molecule has 0 radical (unpaired) electrons. The van der Waals surface area contributed by atoms with Crippen LogP contribution in [0.3, 0.4) is 0 Å². The zero-order chi connectivity index (χ0) is 20.3. The first-order valence-corrected chi connectivity index (χ1v) is 10.1. The third-order valence-corrected chi connectivity index (χ3v) is 5.59. The molecule has 0 aliphatic carbocycles. The quantitative estimate of drug-likeness (QED) is 0.857. The number of amides is 2. The van der Waals surface area contributed by atoms with Crippen molar-refractivity contribution in [2.45, 2.75) is 53.5 Å². The molecule has 28 heavy (non-hydrogen) atoms. The molecule has 2 heterocycles. The molecular formula is C22H30N4O2. The number of aryl methyl sites for hydroxylation is 3. The monoisotopic (exact) mass is 382 g/mol. The van der Waals surface area contributed by atoms with Crippen LogP contribution in [0.15, 0.2) is 24.3 Å². The summed E-state index contributed by atoms with van der Waals surface area (Å²) in [5.41, 5.74) is 4.42. The minimum Gasteiger partial charge on any atom is -0.339 e. The van der Waals surface area contributed by atoms with Crippen molar-refractivity contribution < 1.29 is 9.59 Å². The maximum atomic E-state index is 12.8. The van der Waals surface area contributed by atoms with Crippen LogP contribution in [0.5, 0.6) is 0 Å². The van der Waals surface area contributed by atoms with E-state index in [-0.39, 0.29) is 17.7 Å². The molecule has 6 nitrogen and oxygen atoms in total. The van der Waals surface area contributed by atoms with Gasteiger partial charge < -0.3 is 10.2 Å². The van der Waals surface area contributed by atoms with E-state index >= 15 is 0 Å². The molecule has 0 saturated carbocycles. The fraction of sp³-hybridized carbons (Fsp3) is 0.500. The Morgan fingerprint density at radius 3 is 2.46 bits per heavy atom. The van der Waals surface area contributed by atoms with Crippen molar-refractivity contribution in [2.24, 2.45) is 5.92 Å². The van der Waals surface area contributed by atoms with Gasteiger partial charge >= 0.3 is 0 Å². The summed E-state index contributed by atoms with van der Waals surface area (Å²) in [7, 11) is 0. The molecule has 3 rings (SSSR count). The minimum atomic E-state index is -0.0748. The van der Waals surface area contributed by atoms with E-state index in [0.717, 1.165) is 41.2 Å². The van der Waals surface area contributed by atoms with Crippen molar-refractivity contribution in [3.05, 3.63) is 46.8 Å². The number of hydrogen-bond donors (Lipinski definition) is 1. The fourth-order valence-corrected chi connectivity index (χ4v) is 3.86. The van der Waals surface area contributed by atoms with Crippen LogP contribution in [0, 0.1) is 26.7 Å². The van der Waals surface area contributed by atoms with Gasteiger partial charge in [0.1, 0.15) is 0 Å². The third-order valence-electron chi connectivity index (χ3n) is 5.59. The first kappa shape index (κ1) is 20.1. The van der Waals surface area contributed by atoms with Gasteiger partial charge in [0.25, 0.3) is 5.91 Å². The van der Waals surface area contributed by atoms with Crippen molar-refractivity contribution >= 4 is 17.5 Å². The largest absolute Gasteiger partial charge is 0.339 e. The second-order valence-corrected chi connectivity index (χ2v) is 7.64. The molecule has 1 aliphatic heterocycles. The number of hydrogen-bond acceptors (Lipinski definition) is 3. The summed E-state index contributed by atoms with van der Waals surface area (Å²) in [4.78, 5) is 27.4. The molecule has 0 atom stereocenters. The summed E-state index contributed by atoms with van der Waals surface area (Å²) in [6.07, 6.45) is 2.37. The summed E-state index contributed by atoms with van der Waals surface area (Å²) >= 11 is 0. The van der Waals surface area contributed by atoms with Gasteiger partial charge in [0.05, 0.1) is 17.1 Å². The Morgan fingerprint density at radius 2 is 1.82 bits per heavy atom. The van der Waals surface area contributed by atoms with Crippen LogP contribution in [0.4, 0.5) is 5.69 Å². The highest BCUT2D eigenvalue weighted by atomic mass is 16.2. The van der Waals surface area contributed by atoms with E-state index in [0.29, 0.717) is 25.9 Å². The number of carbonyl (C=O) groups excluding carboxylic acids is 2. The van der Waals surface area contributed by atoms with Gasteiger partial charge in [-0.1, -0.05) is 25.1 Å². The second kappa shape index (κ2) is 8.59. The van der Waals surface area contributed by atoms with E-state index in [4.69, 9.17) is 0 Å². The van der Waals surface area contributed by atoms with Gasteiger partial charge in [-0.2, -0.15) is 5.10 Å². The van der Waals surface area contributed by atoms with Crippen LogP contribution in [-0.2, 0) is 11.3 Å².